The molecule has 2 heterocycles. The van der Waals surface area contributed by atoms with Crippen LogP contribution < -0.4 is 5.69 Å². The van der Waals surface area contributed by atoms with Gasteiger partial charge in [0.1, 0.15) is 5.03 Å². The van der Waals surface area contributed by atoms with E-state index >= 15 is 0 Å². The van der Waals surface area contributed by atoms with Crippen molar-refractivity contribution in [1.29, 1.82) is 0 Å². The van der Waals surface area contributed by atoms with Crippen molar-refractivity contribution in [3.05, 3.63) is 33.3 Å². The van der Waals surface area contributed by atoms with E-state index in [-0.39, 0.29) is 22.3 Å². The molecule has 1 aliphatic rings. The first-order valence-corrected chi connectivity index (χ1v) is 6.99. The van der Waals surface area contributed by atoms with Crippen LogP contribution in [-0.2, 0) is 0 Å². The molecule has 0 atom stereocenters. The maximum atomic E-state index is 11.6. The molecule has 1 fully saturated rings. The Bertz CT molecular complexity index is 738. The monoisotopic (exact) mass is 312 g/mol. The second-order valence-corrected chi connectivity index (χ2v) is 5.69. The summed E-state index contributed by atoms with van der Waals surface area (Å²) < 4.78 is 1.58. The molecule has 1 saturated carbocycles. The molecule has 1 aliphatic carbocycles. The number of aromatic nitrogens is 4. The van der Waals surface area contributed by atoms with E-state index in [0.29, 0.717) is 10.2 Å². The maximum absolute atomic E-state index is 11.6. The highest BCUT2D eigenvalue weighted by atomic mass is 35.5. The number of aromatic amines is 1. The average Bonchev–Trinajstić information content (AvgIpc) is 3.17. The second-order valence-electron chi connectivity index (χ2n) is 4.33. The van der Waals surface area contributed by atoms with Crippen LogP contribution in [0.3, 0.4) is 0 Å². The molecule has 0 unspecified atom stereocenters. The summed E-state index contributed by atoms with van der Waals surface area (Å²) in [7, 11) is 0. The Hall–Kier alpha value is -1.80. The molecule has 0 amide bonds. The molecule has 9 heteroatoms. The zero-order valence-electron chi connectivity index (χ0n) is 10.0. The molecule has 20 heavy (non-hydrogen) atoms. The number of pyridine rings is 1. The summed E-state index contributed by atoms with van der Waals surface area (Å²) in [4.78, 5) is 26.5. The van der Waals surface area contributed by atoms with Crippen molar-refractivity contribution in [2.75, 3.05) is 0 Å². The molecule has 0 bridgehead atoms. The summed E-state index contributed by atoms with van der Waals surface area (Å²) in [5, 5.41) is 16.3. The number of carboxylic acids is 1. The lowest BCUT2D eigenvalue weighted by atomic mass is 10.3. The Morgan fingerprint density at radius 1 is 1.55 bits per heavy atom. The molecule has 104 valence electrons. The fourth-order valence-electron chi connectivity index (χ4n) is 1.72. The topological polar surface area (TPSA) is 101 Å². The summed E-state index contributed by atoms with van der Waals surface area (Å²) >= 11 is 7.14. The first-order chi connectivity index (χ1) is 9.56. The average molecular weight is 313 g/mol. The number of nitrogens with one attached hydrogen (secondary N) is 1. The molecule has 0 radical (unpaired) electrons. The molecule has 0 saturated heterocycles. The Kier molecular flexibility index (Phi) is 3.27. The van der Waals surface area contributed by atoms with Gasteiger partial charge in [0.2, 0.25) is 0 Å². The van der Waals surface area contributed by atoms with E-state index in [1.165, 1.54) is 12.3 Å². The van der Waals surface area contributed by atoms with Crippen molar-refractivity contribution in [2.24, 2.45) is 0 Å². The van der Waals surface area contributed by atoms with Crippen LogP contribution in [0, 0.1) is 0 Å². The zero-order valence-corrected chi connectivity index (χ0v) is 11.6. The normalized spacial score (nSPS) is 14.4. The van der Waals surface area contributed by atoms with Crippen LogP contribution >= 0.6 is 23.4 Å². The van der Waals surface area contributed by atoms with E-state index in [1.54, 1.807) is 4.57 Å². The minimum atomic E-state index is -1.09. The van der Waals surface area contributed by atoms with Crippen LogP contribution in [0.5, 0.6) is 0 Å². The maximum Gasteiger partial charge on any atom is 0.344 e. The first-order valence-electron chi connectivity index (χ1n) is 5.80. The predicted octanol–water partition coefficient (Wildman–Crippen LogP) is 1.80. The SMILES string of the molecule is O=C(O)c1cnc(Sc2n[nH]c(=O)n2C2CC2)c(Cl)c1. The van der Waals surface area contributed by atoms with Gasteiger partial charge >= 0.3 is 11.7 Å². The van der Waals surface area contributed by atoms with Gasteiger partial charge in [0, 0.05) is 12.2 Å². The molecule has 2 aromatic heterocycles. The molecule has 7 nitrogen and oxygen atoms in total. The molecule has 0 aromatic carbocycles. The van der Waals surface area contributed by atoms with E-state index in [2.05, 4.69) is 15.2 Å². The second kappa shape index (κ2) is 4.95. The summed E-state index contributed by atoms with van der Waals surface area (Å²) in [5.74, 6) is -1.09. The number of rotatable bonds is 4. The first kappa shape index (κ1) is 13.2. The number of hydrogen-bond donors (Lipinski definition) is 2. The van der Waals surface area contributed by atoms with Crippen LogP contribution in [0.15, 0.2) is 27.2 Å². The smallest absolute Gasteiger partial charge is 0.344 e. The highest BCUT2D eigenvalue weighted by molar-refractivity contribution is 7.99. The van der Waals surface area contributed by atoms with Crippen LogP contribution in [-0.4, -0.2) is 30.8 Å². The minimum absolute atomic E-state index is 0.0148. The van der Waals surface area contributed by atoms with Gasteiger partial charge in [0.25, 0.3) is 0 Å². The van der Waals surface area contributed by atoms with Crippen LogP contribution in [0.4, 0.5) is 0 Å². The van der Waals surface area contributed by atoms with E-state index < -0.39 is 5.97 Å². The third-order valence-electron chi connectivity index (χ3n) is 2.83. The van der Waals surface area contributed by atoms with Gasteiger partial charge in [-0.05, 0) is 30.7 Å². The Morgan fingerprint density at radius 3 is 2.90 bits per heavy atom. The van der Waals surface area contributed by atoms with Gasteiger partial charge in [-0.1, -0.05) is 11.6 Å². The number of carboxylic acid groups (broad SMARTS) is 1. The third-order valence-corrected chi connectivity index (χ3v) is 4.22. The van der Waals surface area contributed by atoms with E-state index in [9.17, 15) is 9.59 Å². The number of carbonyl (C=O) groups is 1. The number of hydrogen-bond acceptors (Lipinski definition) is 5. The number of halogens is 1. The van der Waals surface area contributed by atoms with Gasteiger partial charge < -0.3 is 5.11 Å². The van der Waals surface area contributed by atoms with Crippen LogP contribution in [0.25, 0.3) is 0 Å². The van der Waals surface area contributed by atoms with Gasteiger partial charge in [-0.25, -0.2) is 19.7 Å². The van der Waals surface area contributed by atoms with Gasteiger partial charge in [0.15, 0.2) is 5.16 Å². The molecule has 0 aliphatic heterocycles. The van der Waals surface area contributed by atoms with Crippen molar-refractivity contribution in [1.82, 2.24) is 19.7 Å². The quantitative estimate of drug-likeness (QED) is 0.892. The Morgan fingerprint density at radius 2 is 2.30 bits per heavy atom. The number of nitrogens with zero attached hydrogens (tertiary/aromatic N) is 3. The summed E-state index contributed by atoms with van der Waals surface area (Å²) in [5.41, 5.74) is -0.241. The molecule has 0 spiro atoms. The molecular formula is C11H9ClN4O3S. The summed E-state index contributed by atoms with van der Waals surface area (Å²) in [6.45, 7) is 0. The highest BCUT2D eigenvalue weighted by Gasteiger charge is 2.29. The molecule has 2 N–H and O–H groups in total. The minimum Gasteiger partial charge on any atom is -0.478 e. The molecule has 3 rings (SSSR count). The van der Waals surface area contributed by atoms with Crippen molar-refractivity contribution >= 4 is 29.3 Å². The fraction of sp³-hybridized carbons (Fsp3) is 0.273. The van der Waals surface area contributed by atoms with Gasteiger partial charge in [0.05, 0.1) is 10.6 Å². The summed E-state index contributed by atoms with van der Waals surface area (Å²) in [6, 6.07) is 1.51. The lowest BCUT2D eigenvalue weighted by molar-refractivity contribution is 0.0696. The van der Waals surface area contributed by atoms with Crippen LogP contribution in [0.2, 0.25) is 5.02 Å². The third kappa shape index (κ3) is 2.44. The van der Waals surface area contributed by atoms with E-state index in [1.807, 2.05) is 0 Å². The largest absolute Gasteiger partial charge is 0.478 e. The summed E-state index contributed by atoms with van der Waals surface area (Å²) in [6.07, 6.45) is 3.13. The van der Waals surface area contributed by atoms with Gasteiger partial charge in [-0.15, -0.1) is 5.10 Å². The molecule has 2 aromatic rings. The van der Waals surface area contributed by atoms with Gasteiger partial charge in [-0.2, -0.15) is 0 Å². The zero-order chi connectivity index (χ0) is 14.3. The standard InChI is InChI=1S/C11H9ClN4O3S/c12-7-3-5(9(17)18)4-13-8(7)20-11-15-14-10(19)16(11)6-1-2-6/h3-4,6H,1-2H2,(H,14,19)(H,17,18). The molecular weight excluding hydrogens is 304 g/mol. The van der Waals surface area contributed by atoms with Crippen LogP contribution in [0.1, 0.15) is 29.2 Å². The van der Waals surface area contributed by atoms with Crippen molar-refractivity contribution in [2.45, 2.75) is 29.1 Å². The van der Waals surface area contributed by atoms with Gasteiger partial charge in [-0.3, -0.25) is 4.57 Å². The van der Waals surface area contributed by atoms with E-state index in [0.717, 1.165) is 24.6 Å². The Labute approximate surface area is 122 Å². The number of aromatic carboxylic acids is 1. The number of H-pyrrole nitrogens is 1. The van der Waals surface area contributed by atoms with Crippen molar-refractivity contribution < 1.29 is 9.90 Å². The lowest BCUT2D eigenvalue weighted by Crippen LogP contribution is -2.16. The fourth-order valence-corrected chi connectivity index (χ4v) is 2.86. The predicted molar refractivity (Wildman–Crippen MR) is 71.4 cm³/mol. The lowest BCUT2D eigenvalue weighted by Gasteiger charge is -2.04. The Balaban J connectivity index is 1.92. The highest BCUT2D eigenvalue weighted by Crippen LogP contribution is 2.38. The van der Waals surface area contributed by atoms with Crippen molar-refractivity contribution in [3.8, 4) is 0 Å². The van der Waals surface area contributed by atoms with Crippen molar-refractivity contribution in [3.63, 3.8) is 0 Å². The van der Waals surface area contributed by atoms with E-state index in [4.69, 9.17) is 16.7 Å².